The molecule has 0 saturated heterocycles. The minimum Gasteiger partial charge on any atom is -0.352 e. The summed E-state index contributed by atoms with van der Waals surface area (Å²) in [6, 6.07) is 17.9. The predicted molar refractivity (Wildman–Crippen MR) is 83.7 cm³/mol. The van der Waals surface area contributed by atoms with Crippen molar-refractivity contribution < 1.29 is 4.79 Å². The van der Waals surface area contributed by atoms with Gasteiger partial charge in [0.05, 0.1) is 0 Å². The van der Waals surface area contributed by atoms with E-state index in [2.05, 4.69) is 38.2 Å². The zero-order valence-corrected chi connectivity index (χ0v) is 12.3. The number of carbonyl (C=O) groups is 1. The SMILES string of the molecule is CC(C)(C)CNC(=O)c1ccc(-c2ccccc2)cc1. The molecular formula is C18H21NO. The molecule has 0 aromatic heterocycles. The fourth-order valence-corrected chi connectivity index (χ4v) is 1.89. The van der Waals surface area contributed by atoms with Gasteiger partial charge >= 0.3 is 0 Å². The molecular weight excluding hydrogens is 246 g/mol. The number of hydrogen-bond acceptors (Lipinski definition) is 1. The summed E-state index contributed by atoms with van der Waals surface area (Å²) < 4.78 is 0. The van der Waals surface area contributed by atoms with Gasteiger partial charge in [0.1, 0.15) is 0 Å². The molecule has 1 amide bonds. The molecule has 0 aliphatic carbocycles. The molecule has 2 rings (SSSR count). The van der Waals surface area contributed by atoms with Crippen LogP contribution in [0, 0.1) is 5.41 Å². The van der Waals surface area contributed by atoms with E-state index in [1.165, 1.54) is 0 Å². The maximum absolute atomic E-state index is 12.0. The molecule has 104 valence electrons. The Hall–Kier alpha value is -2.09. The van der Waals surface area contributed by atoms with Crippen LogP contribution in [-0.4, -0.2) is 12.5 Å². The van der Waals surface area contributed by atoms with Gasteiger partial charge in [0.25, 0.3) is 5.91 Å². The summed E-state index contributed by atoms with van der Waals surface area (Å²) in [7, 11) is 0. The molecule has 0 atom stereocenters. The van der Waals surface area contributed by atoms with Crippen molar-refractivity contribution in [2.24, 2.45) is 5.41 Å². The van der Waals surface area contributed by atoms with E-state index in [4.69, 9.17) is 0 Å². The van der Waals surface area contributed by atoms with Crippen molar-refractivity contribution in [1.82, 2.24) is 5.32 Å². The highest BCUT2D eigenvalue weighted by atomic mass is 16.1. The van der Waals surface area contributed by atoms with Crippen LogP contribution < -0.4 is 5.32 Å². The van der Waals surface area contributed by atoms with Crippen LogP contribution in [0.5, 0.6) is 0 Å². The maximum atomic E-state index is 12.0. The Morgan fingerprint density at radius 1 is 0.900 bits per heavy atom. The summed E-state index contributed by atoms with van der Waals surface area (Å²) in [5.74, 6) is -0.0143. The van der Waals surface area contributed by atoms with Gasteiger partial charge in [-0.15, -0.1) is 0 Å². The van der Waals surface area contributed by atoms with Crippen LogP contribution in [0.1, 0.15) is 31.1 Å². The van der Waals surface area contributed by atoms with Crippen molar-refractivity contribution in [1.29, 1.82) is 0 Å². The van der Waals surface area contributed by atoms with Crippen molar-refractivity contribution in [2.45, 2.75) is 20.8 Å². The van der Waals surface area contributed by atoms with Crippen LogP contribution in [0.2, 0.25) is 0 Å². The second-order valence-electron chi connectivity index (χ2n) is 6.19. The molecule has 0 unspecified atom stereocenters. The Kier molecular flexibility index (Phi) is 4.23. The molecule has 0 fully saturated rings. The Morgan fingerprint density at radius 2 is 1.45 bits per heavy atom. The standard InChI is InChI=1S/C18H21NO/c1-18(2,3)13-19-17(20)16-11-9-15(10-12-16)14-7-5-4-6-8-14/h4-12H,13H2,1-3H3,(H,19,20). The second-order valence-corrected chi connectivity index (χ2v) is 6.19. The van der Waals surface area contributed by atoms with E-state index < -0.39 is 0 Å². The topological polar surface area (TPSA) is 29.1 Å². The van der Waals surface area contributed by atoms with Crippen LogP contribution in [0.3, 0.4) is 0 Å². The Balaban J connectivity index is 2.07. The molecule has 0 radical (unpaired) electrons. The van der Waals surface area contributed by atoms with Crippen molar-refractivity contribution in [3.8, 4) is 11.1 Å². The van der Waals surface area contributed by atoms with E-state index in [1.807, 2.05) is 42.5 Å². The molecule has 0 heterocycles. The second kappa shape index (κ2) is 5.91. The maximum Gasteiger partial charge on any atom is 0.251 e. The fraction of sp³-hybridized carbons (Fsp3) is 0.278. The van der Waals surface area contributed by atoms with E-state index in [-0.39, 0.29) is 11.3 Å². The van der Waals surface area contributed by atoms with Crippen LogP contribution in [0.25, 0.3) is 11.1 Å². The van der Waals surface area contributed by atoms with Gasteiger partial charge < -0.3 is 5.32 Å². The van der Waals surface area contributed by atoms with E-state index in [0.29, 0.717) is 12.1 Å². The van der Waals surface area contributed by atoms with Gasteiger partial charge in [0, 0.05) is 12.1 Å². The highest BCUT2D eigenvalue weighted by Crippen LogP contribution is 2.19. The van der Waals surface area contributed by atoms with Crippen molar-refractivity contribution in [3.05, 3.63) is 60.2 Å². The lowest BCUT2D eigenvalue weighted by atomic mass is 9.97. The summed E-state index contributed by atoms with van der Waals surface area (Å²) in [5, 5.41) is 2.96. The van der Waals surface area contributed by atoms with Gasteiger partial charge in [-0.3, -0.25) is 4.79 Å². The largest absolute Gasteiger partial charge is 0.352 e. The average molecular weight is 267 g/mol. The fourth-order valence-electron chi connectivity index (χ4n) is 1.89. The molecule has 1 N–H and O–H groups in total. The quantitative estimate of drug-likeness (QED) is 0.890. The van der Waals surface area contributed by atoms with Gasteiger partial charge in [-0.1, -0.05) is 63.2 Å². The van der Waals surface area contributed by atoms with Gasteiger partial charge in [-0.05, 0) is 28.7 Å². The molecule has 2 nitrogen and oxygen atoms in total. The van der Waals surface area contributed by atoms with Gasteiger partial charge in [0.15, 0.2) is 0 Å². The first-order valence-electron chi connectivity index (χ1n) is 6.89. The lowest BCUT2D eigenvalue weighted by molar-refractivity contribution is 0.0939. The third-order valence-electron chi connectivity index (χ3n) is 3.03. The van der Waals surface area contributed by atoms with E-state index in [1.54, 1.807) is 0 Å². The highest BCUT2D eigenvalue weighted by Gasteiger charge is 2.12. The molecule has 2 aromatic rings. The molecule has 0 spiro atoms. The van der Waals surface area contributed by atoms with Gasteiger partial charge in [0.2, 0.25) is 0 Å². The van der Waals surface area contributed by atoms with E-state index >= 15 is 0 Å². The minimum atomic E-state index is -0.0143. The predicted octanol–water partition coefficient (Wildman–Crippen LogP) is 4.13. The number of nitrogens with one attached hydrogen (secondary N) is 1. The van der Waals surface area contributed by atoms with Gasteiger partial charge in [-0.2, -0.15) is 0 Å². The highest BCUT2D eigenvalue weighted by molar-refractivity contribution is 5.94. The number of rotatable bonds is 3. The minimum absolute atomic E-state index is 0.0143. The molecule has 2 heteroatoms. The van der Waals surface area contributed by atoms with Crippen LogP contribution in [0.15, 0.2) is 54.6 Å². The third kappa shape index (κ3) is 3.95. The zero-order valence-electron chi connectivity index (χ0n) is 12.3. The van der Waals surface area contributed by atoms with E-state index in [0.717, 1.165) is 11.1 Å². The van der Waals surface area contributed by atoms with E-state index in [9.17, 15) is 4.79 Å². The first-order valence-corrected chi connectivity index (χ1v) is 6.89. The van der Waals surface area contributed by atoms with Crippen LogP contribution >= 0.6 is 0 Å². The summed E-state index contributed by atoms with van der Waals surface area (Å²) >= 11 is 0. The molecule has 0 bridgehead atoms. The first kappa shape index (κ1) is 14.3. The Labute approximate surface area is 120 Å². The van der Waals surface area contributed by atoms with Gasteiger partial charge in [-0.25, -0.2) is 0 Å². The average Bonchev–Trinajstić information content (AvgIpc) is 2.45. The number of hydrogen-bond donors (Lipinski definition) is 1. The molecule has 20 heavy (non-hydrogen) atoms. The Bertz CT molecular complexity index is 565. The van der Waals surface area contributed by atoms with Crippen LogP contribution in [-0.2, 0) is 0 Å². The normalized spacial score (nSPS) is 11.2. The molecule has 2 aromatic carbocycles. The van der Waals surface area contributed by atoms with Crippen molar-refractivity contribution in [2.75, 3.05) is 6.54 Å². The van der Waals surface area contributed by atoms with Crippen molar-refractivity contribution in [3.63, 3.8) is 0 Å². The summed E-state index contributed by atoms with van der Waals surface area (Å²) in [4.78, 5) is 12.0. The lowest BCUT2D eigenvalue weighted by Crippen LogP contribution is -2.32. The lowest BCUT2D eigenvalue weighted by Gasteiger charge is -2.18. The molecule has 0 aliphatic heterocycles. The smallest absolute Gasteiger partial charge is 0.251 e. The monoisotopic (exact) mass is 267 g/mol. The van der Waals surface area contributed by atoms with Crippen molar-refractivity contribution >= 4 is 5.91 Å². The first-order chi connectivity index (χ1) is 9.46. The summed E-state index contributed by atoms with van der Waals surface area (Å²) in [6.07, 6.45) is 0. The molecule has 0 aliphatic rings. The number of amides is 1. The molecule has 0 saturated carbocycles. The van der Waals surface area contributed by atoms with Crippen LogP contribution in [0.4, 0.5) is 0 Å². The number of carbonyl (C=O) groups excluding carboxylic acids is 1. The third-order valence-corrected chi connectivity index (χ3v) is 3.03. The number of benzene rings is 2. The zero-order chi connectivity index (χ0) is 14.6. The summed E-state index contributed by atoms with van der Waals surface area (Å²) in [6.45, 7) is 6.98. The summed E-state index contributed by atoms with van der Waals surface area (Å²) in [5.41, 5.74) is 3.08. The Morgan fingerprint density at radius 3 is 2.00 bits per heavy atom.